The van der Waals surface area contributed by atoms with Gasteiger partial charge in [0.25, 0.3) is 0 Å². The van der Waals surface area contributed by atoms with Crippen molar-refractivity contribution < 1.29 is 14.4 Å². The summed E-state index contributed by atoms with van der Waals surface area (Å²) in [4.78, 5) is 35.0. The highest BCUT2D eigenvalue weighted by Gasteiger charge is 2.18. The van der Waals surface area contributed by atoms with E-state index < -0.39 is 11.9 Å². The van der Waals surface area contributed by atoms with Crippen LogP contribution in [0.15, 0.2) is 48.5 Å². The van der Waals surface area contributed by atoms with Crippen molar-refractivity contribution in [3.05, 3.63) is 65.2 Å². The van der Waals surface area contributed by atoms with Crippen molar-refractivity contribution in [2.45, 2.75) is 38.1 Å². The predicted molar refractivity (Wildman–Crippen MR) is 103 cm³/mol. The Labute approximate surface area is 158 Å². The number of fused-ring (bicyclic) bond motifs is 1. The van der Waals surface area contributed by atoms with E-state index in [9.17, 15) is 14.4 Å². The Balaban J connectivity index is 1.52. The summed E-state index contributed by atoms with van der Waals surface area (Å²) >= 11 is 0. The lowest BCUT2D eigenvalue weighted by Crippen LogP contribution is -2.31. The number of hydrogen-bond acceptors (Lipinski definition) is 3. The van der Waals surface area contributed by atoms with Crippen molar-refractivity contribution in [3.8, 4) is 0 Å². The van der Waals surface area contributed by atoms with Crippen molar-refractivity contribution >= 4 is 23.4 Å². The van der Waals surface area contributed by atoms with E-state index in [4.69, 9.17) is 5.73 Å². The molecule has 140 valence electrons. The first-order valence-corrected chi connectivity index (χ1v) is 9.05. The van der Waals surface area contributed by atoms with E-state index in [1.807, 2.05) is 48.5 Å². The van der Waals surface area contributed by atoms with E-state index >= 15 is 0 Å². The van der Waals surface area contributed by atoms with Gasteiger partial charge in [0.2, 0.25) is 17.7 Å². The van der Waals surface area contributed by atoms with E-state index in [2.05, 4.69) is 10.6 Å². The van der Waals surface area contributed by atoms with Crippen molar-refractivity contribution in [3.63, 3.8) is 0 Å². The lowest BCUT2D eigenvalue weighted by Gasteiger charge is -2.18. The molecule has 2 aromatic carbocycles. The van der Waals surface area contributed by atoms with Gasteiger partial charge in [0.1, 0.15) is 0 Å². The van der Waals surface area contributed by atoms with Gasteiger partial charge in [0.05, 0.1) is 18.9 Å². The van der Waals surface area contributed by atoms with Gasteiger partial charge in [0, 0.05) is 12.1 Å². The predicted octanol–water partition coefficient (Wildman–Crippen LogP) is 2.24. The maximum Gasteiger partial charge on any atom is 0.228 e. The van der Waals surface area contributed by atoms with Crippen LogP contribution in [0.25, 0.3) is 0 Å². The summed E-state index contributed by atoms with van der Waals surface area (Å²) in [7, 11) is 0. The zero-order valence-electron chi connectivity index (χ0n) is 15.0. The molecule has 1 aliphatic heterocycles. The van der Waals surface area contributed by atoms with Crippen molar-refractivity contribution in [2.24, 2.45) is 5.73 Å². The van der Waals surface area contributed by atoms with Gasteiger partial charge in [-0.05, 0) is 35.6 Å². The molecule has 1 aliphatic rings. The Morgan fingerprint density at radius 3 is 2.67 bits per heavy atom. The smallest absolute Gasteiger partial charge is 0.228 e. The van der Waals surface area contributed by atoms with Crippen LogP contribution in [0.5, 0.6) is 0 Å². The SMILES string of the molecule is NC(=O)C[C@H](NC(=O)CCCc1ccc2c(c1)CC(=O)N2)c1ccccc1. The minimum Gasteiger partial charge on any atom is -0.370 e. The van der Waals surface area contributed by atoms with Crippen LogP contribution in [0.3, 0.4) is 0 Å². The Kier molecular flexibility index (Phi) is 5.86. The van der Waals surface area contributed by atoms with Gasteiger partial charge in [-0.2, -0.15) is 0 Å². The zero-order valence-corrected chi connectivity index (χ0v) is 15.0. The number of nitrogens with one attached hydrogen (secondary N) is 2. The topological polar surface area (TPSA) is 101 Å². The molecule has 0 saturated carbocycles. The summed E-state index contributed by atoms with van der Waals surface area (Å²) in [5.41, 5.74) is 9.17. The fraction of sp³-hybridized carbons (Fsp3) is 0.286. The van der Waals surface area contributed by atoms with Gasteiger partial charge in [-0.15, -0.1) is 0 Å². The third kappa shape index (κ3) is 5.17. The zero-order chi connectivity index (χ0) is 19.2. The number of rotatable bonds is 8. The van der Waals surface area contributed by atoms with Crippen molar-refractivity contribution in [1.29, 1.82) is 0 Å². The Morgan fingerprint density at radius 2 is 1.93 bits per heavy atom. The van der Waals surface area contributed by atoms with Crippen LogP contribution in [0, 0.1) is 0 Å². The van der Waals surface area contributed by atoms with Crippen LogP contribution in [0.4, 0.5) is 5.69 Å². The molecule has 0 unspecified atom stereocenters. The molecule has 4 N–H and O–H groups in total. The number of primary amides is 1. The fourth-order valence-electron chi connectivity index (χ4n) is 3.30. The molecule has 6 nitrogen and oxygen atoms in total. The number of nitrogens with two attached hydrogens (primary N) is 1. The Bertz CT molecular complexity index is 849. The minimum absolute atomic E-state index is 0.0166. The molecule has 0 aromatic heterocycles. The van der Waals surface area contributed by atoms with Crippen LogP contribution in [0.2, 0.25) is 0 Å². The maximum atomic E-state index is 12.3. The summed E-state index contributed by atoms with van der Waals surface area (Å²) in [6.45, 7) is 0. The molecule has 3 rings (SSSR count). The third-order valence-electron chi connectivity index (χ3n) is 4.61. The second-order valence-electron chi connectivity index (χ2n) is 6.77. The van der Waals surface area contributed by atoms with Gasteiger partial charge in [0.15, 0.2) is 0 Å². The largest absolute Gasteiger partial charge is 0.370 e. The van der Waals surface area contributed by atoms with Gasteiger partial charge >= 0.3 is 0 Å². The quantitative estimate of drug-likeness (QED) is 0.668. The molecular formula is C21H23N3O3. The molecule has 6 heteroatoms. The van der Waals surface area contributed by atoms with Crippen LogP contribution < -0.4 is 16.4 Å². The number of carbonyl (C=O) groups excluding carboxylic acids is 3. The van der Waals surface area contributed by atoms with Gasteiger partial charge in [-0.1, -0.05) is 42.5 Å². The molecule has 3 amide bonds. The number of amides is 3. The molecule has 0 fully saturated rings. The average molecular weight is 365 g/mol. The highest BCUT2D eigenvalue weighted by molar-refractivity contribution is 5.99. The maximum absolute atomic E-state index is 12.3. The second-order valence-corrected chi connectivity index (χ2v) is 6.77. The van der Waals surface area contributed by atoms with E-state index in [-0.39, 0.29) is 18.2 Å². The van der Waals surface area contributed by atoms with Gasteiger partial charge < -0.3 is 16.4 Å². The van der Waals surface area contributed by atoms with Gasteiger partial charge in [-0.3, -0.25) is 14.4 Å². The fourth-order valence-corrected chi connectivity index (χ4v) is 3.30. The second kappa shape index (κ2) is 8.49. The Morgan fingerprint density at radius 1 is 1.15 bits per heavy atom. The van der Waals surface area contributed by atoms with Crippen molar-refractivity contribution in [2.75, 3.05) is 5.32 Å². The first-order chi connectivity index (χ1) is 13.0. The lowest BCUT2D eigenvalue weighted by atomic mass is 10.0. The molecule has 1 heterocycles. The van der Waals surface area contributed by atoms with E-state index in [0.29, 0.717) is 19.3 Å². The summed E-state index contributed by atoms with van der Waals surface area (Å²) in [5, 5.41) is 5.71. The van der Waals surface area contributed by atoms with E-state index in [0.717, 1.165) is 28.8 Å². The van der Waals surface area contributed by atoms with Crippen LogP contribution in [0.1, 0.15) is 42.0 Å². The normalized spacial score (nSPS) is 13.6. The monoisotopic (exact) mass is 365 g/mol. The molecule has 27 heavy (non-hydrogen) atoms. The molecule has 2 aromatic rings. The molecule has 0 aliphatic carbocycles. The number of benzene rings is 2. The van der Waals surface area contributed by atoms with Crippen molar-refractivity contribution in [1.82, 2.24) is 5.32 Å². The van der Waals surface area contributed by atoms with Crippen LogP contribution >= 0.6 is 0 Å². The number of aryl methyl sites for hydroxylation is 1. The van der Waals surface area contributed by atoms with E-state index in [1.54, 1.807) is 0 Å². The molecule has 0 saturated heterocycles. The summed E-state index contributed by atoms with van der Waals surface area (Å²) in [5.74, 6) is -0.545. The number of anilines is 1. The van der Waals surface area contributed by atoms with E-state index in [1.165, 1.54) is 0 Å². The molecular weight excluding hydrogens is 342 g/mol. The number of hydrogen-bond donors (Lipinski definition) is 3. The highest BCUT2D eigenvalue weighted by atomic mass is 16.2. The lowest BCUT2D eigenvalue weighted by molar-refractivity contribution is -0.122. The Hall–Kier alpha value is -3.15. The third-order valence-corrected chi connectivity index (χ3v) is 4.61. The average Bonchev–Trinajstić information content (AvgIpc) is 3.01. The minimum atomic E-state index is -0.453. The first kappa shape index (κ1) is 18.6. The first-order valence-electron chi connectivity index (χ1n) is 9.05. The molecule has 0 spiro atoms. The summed E-state index contributed by atoms with van der Waals surface area (Å²) in [6.07, 6.45) is 2.28. The number of carbonyl (C=O) groups is 3. The highest BCUT2D eigenvalue weighted by Crippen LogP contribution is 2.24. The van der Waals surface area contributed by atoms with Crippen LogP contribution in [-0.4, -0.2) is 17.7 Å². The van der Waals surface area contributed by atoms with Gasteiger partial charge in [-0.25, -0.2) is 0 Å². The molecule has 1 atom stereocenters. The molecule has 0 bridgehead atoms. The summed E-state index contributed by atoms with van der Waals surface area (Å²) < 4.78 is 0. The van der Waals surface area contributed by atoms with Crippen LogP contribution in [-0.2, 0) is 27.2 Å². The molecule has 0 radical (unpaired) electrons. The standard InChI is InChI=1S/C21H23N3O3/c22-19(25)13-18(15-6-2-1-3-7-15)24-20(26)8-4-5-14-9-10-17-16(11-14)12-21(27)23-17/h1-3,6-7,9-11,18H,4-5,8,12-13H2,(H2,22,25)(H,23,27)(H,24,26)/t18-/m0/s1. The summed E-state index contributed by atoms with van der Waals surface area (Å²) in [6, 6.07) is 14.8.